The van der Waals surface area contributed by atoms with Gasteiger partial charge in [-0.2, -0.15) is 4.31 Å². The number of aryl methyl sites for hydroxylation is 1. The minimum Gasteiger partial charge on any atom is -0.756 e. The highest BCUT2D eigenvalue weighted by molar-refractivity contribution is 7.66. The maximum Gasteiger partial charge on any atom is 0.487 e. The summed E-state index contributed by atoms with van der Waals surface area (Å²) in [5, 5.41) is 35.0. The summed E-state index contributed by atoms with van der Waals surface area (Å²) in [7, 11) is -9.93. The molecule has 0 bridgehead atoms. The Morgan fingerprint density at radius 3 is 2.38 bits per heavy atom. The molecule has 304 valence electrons. The van der Waals surface area contributed by atoms with Gasteiger partial charge >= 0.3 is 21.3 Å². The molecule has 30 heteroatoms. The van der Waals surface area contributed by atoms with E-state index >= 15 is 0 Å². The number of phosphoric acid groups is 3. The van der Waals surface area contributed by atoms with Gasteiger partial charge in [0.05, 0.1) is 26.6 Å². The molecule has 2 aliphatic rings. The summed E-state index contributed by atoms with van der Waals surface area (Å²) >= 11 is 0. The van der Waals surface area contributed by atoms with Gasteiger partial charge in [-0.25, -0.2) is 33.0 Å². The topological polar surface area (TPSA) is 353 Å². The van der Waals surface area contributed by atoms with E-state index in [1.165, 1.54) is 51.7 Å². The largest absolute Gasteiger partial charge is 0.756 e. The van der Waals surface area contributed by atoms with Gasteiger partial charge in [0.15, 0.2) is 24.0 Å². The first-order valence-electron chi connectivity index (χ1n) is 15.9. The smallest absolute Gasteiger partial charge is 0.487 e. The highest BCUT2D eigenvalue weighted by Gasteiger charge is 2.49. The van der Waals surface area contributed by atoms with Crippen molar-refractivity contribution >= 4 is 57.6 Å². The Morgan fingerprint density at radius 2 is 1.71 bits per heavy atom. The average molecular weight is 843 g/mol. The Balaban J connectivity index is 1.06. The molecule has 4 aromatic rings. The average Bonchev–Trinajstić information content (AvgIpc) is 3.84. The molecular formula is C25H37N10O17P3. The Kier molecular flexibility index (Phi) is 11.7. The van der Waals surface area contributed by atoms with Crippen molar-refractivity contribution in [3.8, 4) is 0 Å². The fraction of sp³-hybridized carbons (Fsp3) is 0.600. The number of rotatable bonds is 15. The quantitative estimate of drug-likeness (QED) is 0.0467. The predicted octanol–water partition coefficient (Wildman–Crippen LogP) is -2.88. The molecule has 0 aliphatic carbocycles. The lowest BCUT2D eigenvalue weighted by molar-refractivity contribution is -0.745. The summed E-state index contributed by atoms with van der Waals surface area (Å²) in [5.74, 6) is 0.544. The Labute approximate surface area is 308 Å². The lowest BCUT2D eigenvalue weighted by Gasteiger charge is -2.26. The van der Waals surface area contributed by atoms with Crippen molar-refractivity contribution in [1.82, 2.24) is 34.1 Å². The number of ether oxygens (including phenoxy) is 3. The van der Waals surface area contributed by atoms with Gasteiger partial charge in [0.1, 0.15) is 48.5 Å². The third-order valence-electron chi connectivity index (χ3n) is 8.46. The number of nitrogens with one attached hydrogen (secondary N) is 2. The van der Waals surface area contributed by atoms with E-state index in [-0.39, 0.29) is 22.8 Å². The molecule has 7 N–H and O–H groups in total. The molecular weight excluding hydrogens is 805 g/mol. The number of fused-ring (bicyclic) bond motifs is 2. The van der Waals surface area contributed by atoms with Crippen molar-refractivity contribution in [3.05, 3.63) is 29.3 Å². The first-order valence-corrected chi connectivity index (χ1v) is 20.3. The highest BCUT2D eigenvalue weighted by atomic mass is 31.3. The molecule has 55 heavy (non-hydrogen) atoms. The number of aromatic nitrogens is 8. The molecule has 6 heterocycles. The summed E-state index contributed by atoms with van der Waals surface area (Å²) in [4.78, 5) is 66.3. The molecule has 11 atom stereocenters. The van der Waals surface area contributed by atoms with Crippen LogP contribution in [0.5, 0.6) is 0 Å². The number of aliphatic hydroxyl groups excluding tert-OH is 3. The van der Waals surface area contributed by atoms with Gasteiger partial charge in [-0.1, -0.05) is 4.98 Å². The standard InChI is InChI=1S/C25H37N10O17P3/c1-26-19-13-20(28-8-27-19)34(9-29-13)24-18(46-5)16(37)12(50-24)7-48-54(42,43)52-55(44,45)51-53(40,41)47-6-11-15(36)17(38)23(49-11)35-10-33(4)14-21(35)30-25(32(2)3)31-22(14)39/h8-12,15-18,23-24,36-38H,6-7H2,1-5H3,(H4-,26,27,28,30,31,39,40,41,42,43,44,45)/t11-,12?,15+,16-,17?,18-,23-,24?/m1/s1. The molecule has 2 saturated heterocycles. The Bertz CT molecular complexity index is 2250. The summed E-state index contributed by atoms with van der Waals surface area (Å²) in [6, 6.07) is 0. The molecule has 6 unspecified atom stereocenters. The van der Waals surface area contributed by atoms with Crippen molar-refractivity contribution in [2.75, 3.05) is 51.7 Å². The molecule has 0 amide bonds. The molecule has 4 aromatic heterocycles. The molecule has 2 fully saturated rings. The zero-order valence-corrected chi connectivity index (χ0v) is 32.0. The molecule has 27 nitrogen and oxygen atoms in total. The van der Waals surface area contributed by atoms with E-state index in [0.717, 1.165) is 0 Å². The highest BCUT2D eigenvalue weighted by Crippen LogP contribution is 2.66. The van der Waals surface area contributed by atoms with Crippen molar-refractivity contribution in [2.45, 2.75) is 49.1 Å². The number of H-pyrrole nitrogens is 1. The van der Waals surface area contributed by atoms with Crippen molar-refractivity contribution in [1.29, 1.82) is 0 Å². The van der Waals surface area contributed by atoms with Crippen LogP contribution in [-0.2, 0) is 52.6 Å². The number of anilines is 2. The fourth-order valence-electron chi connectivity index (χ4n) is 5.94. The van der Waals surface area contributed by atoms with Crippen molar-refractivity contribution in [2.24, 2.45) is 7.05 Å². The second-order valence-electron chi connectivity index (χ2n) is 12.3. The van der Waals surface area contributed by atoms with Crippen LogP contribution in [0.25, 0.3) is 22.3 Å². The summed E-state index contributed by atoms with van der Waals surface area (Å²) in [6.07, 6.45) is -7.75. The summed E-state index contributed by atoms with van der Waals surface area (Å²) in [5.41, 5.74) is 0.221. The summed E-state index contributed by atoms with van der Waals surface area (Å²) < 4.78 is 75.9. The predicted molar refractivity (Wildman–Crippen MR) is 179 cm³/mol. The normalized spacial score (nSPS) is 29.0. The molecule has 0 saturated carbocycles. The van der Waals surface area contributed by atoms with Crippen LogP contribution in [0.2, 0.25) is 0 Å². The fourth-order valence-corrected chi connectivity index (χ4v) is 9.43. The Morgan fingerprint density at radius 1 is 1.02 bits per heavy atom. The second kappa shape index (κ2) is 15.5. The third kappa shape index (κ3) is 8.38. The lowest BCUT2D eigenvalue weighted by atomic mass is 10.1. The van der Waals surface area contributed by atoms with E-state index in [0.29, 0.717) is 11.3 Å². The minimum absolute atomic E-state index is 0.0390. The van der Waals surface area contributed by atoms with E-state index < -0.39 is 91.3 Å². The van der Waals surface area contributed by atoms with Gasteiger partial charge in [-0.05, 0) is 0 Å². The van der Waals surface area contributed by atoms with E-state index in [9.17, 15) is 48.5 Å². The monoisotopic (exact) mass is 842 g/mol. The van der Waals surface area contributed by atoms with Crippen LogP contribution in [0.4, 0.5) is 11.8 Å². The molecule has 0 spiro atoms. The summed E-state index contributed by atoms with van der Waals surface area (Å²) in [6.45, 7) is -2.05. The van der Waals surface area contributed by atoms with Crippen molar-refractivity contribution in [3.63, 3.8) is 0 Å². The van der Waals surface area contributed by atoms with Crippen LogP contribution in [-0.4, -0.2) is 137 Å². The third-order valence-corrected chi connectivity index (χ3v) is 12.7. The molecule has 2 aliphatic heterocycles. The molecule has 6 rings (SSSR count). The van der Waals surface area contributed by atoms with E-state index in [2.05, 4.69) is 43.4 Å². The number of nitrogens with zero attached hydrogens (tertiary/aromatic N) is 8. The molecule has 0 aromatic carbocycles. The number of imidazole rings is 2. The van der Waals surface area contributed by atoms with Gasteiger partial charge < -0.3 is 59.0 Å². The maximum atomic E-state index is 12.7. The first-order chi connectivity index (χ1) is 25.8. The van der Waals surface area contributed by atoms with Gasteiger partial charge in [-0.3, -0.25) is 28.0 Å². The van der Waals surface area contributed by atoms with Gasteiger partial charge in [0.2, 0.25) is 11.7 Å². The zero-order chi connectivity index (χ0) is 40.2. The maximum absolute atomic E-state index is 12.7. The van der Waals surface area contributed by atoms with Gasteiger partial charge in [0.25, 0.3) is 19.3 Å². The lowest BCUT2D eigenvalue weighted by Crippen LogP contribution is -2.46. The number of hydrogen-bond donors (Lipinski definition) is 7. The number of hydrogen-bond acceptors (Lipinski definition) is 21. The number of aromatic amines is 1. The first kappa shape index (κ1) is 41.3. The zero-order valence-electron chi connectivity index (χ0n) is 29.3. The van der Waals surface area contributed by atoms with E-state index in [4.69, 9.17) is 18.7 Å². The van der Waals surface area contributed by atoms with Crippen LogP contribution in [0.15, 0.2) is 23.8 Å². The van der Waals surface area contributed by atoms with E-state index in [1.54, 1.807) is 21.1 Å². The van der Waals surface area contributed by atoms with Crippen LogP contribution in [0, 0.1) is 0 Å². The van der Waals surface area contributed by atoms with Crippen LogP contribution in [0.1, 0.15) is 12.5 Å². The second-order valence-corrected chi connectivity index (χ2v) is 16.9. The van der Waals surface area contributed by atoms with E-state index in [1.807, 2.05) is 0 Å². The Hall–Kier alpha value is -3.33. The van der Waals surface area contributed by atoms with Gasteiger partial charge in [0, 0.05) is 28.3 Å². The minimum atomic E-state index is -6.01. The van der Waals surface area contributed by atoms with Crippen LogP contribution in [0.3, 0.4) is 0 Å². The number of aliphatic hydroxyl groups is 3. The molecule has 0 radical (unpaired) electrons. The van der Waals surface area contributed by atoms with Crippen LogP contribution >= 0.6 is 23.5 Å². The van der Waals surface area contributed by atoms with Crippen LogP contribution < -0.4 is 25.2 Å². The number of phosphoric ester groups is 2. The van der Waals surface area contributed by atoms with Gasteiger partial charge in [-0.15, -0.1) is 0 Å². The SMILES string of the molecule is CNc1ncnc2c1ncn2C1OC(COP(=O)(O)OP(=O)(O)OP(=O)([O-])OC[C@H]2O[C@@H]([n+]3cn(C)c4c(=O)[nH]c(N(C)C)nc43)C(O)[C@H]2O)[C@@H](O)[C@H]1OC. The van der Waals surface area contributed by atoms with Crippen molar-refractivity contribution < 1.29 is 80.1 Å². The number of methoxy groups -OCH3 is 1.